The van der Waals surface area contributed by atoms with Crippen LogP contribution in [-0.2, 0) is 0 Å². The molecule has 1 heterocycles. The second kappa shape index (κ2) is 5.37. The first-order valence-electron chi connectivity index (χ1n) is 5.01. The van der Waals surface area contributed by atoms with Gasteiger partial charge in [-0.25, -0.2) is 4.98 Å². The maximum Gasteiger partial charge on any atom is 0.166 e. The zero-order valence-electron chi connectivity index (χ0n) is 8.71. The molecule has 3 heteroatoms. The number of Topliss-reactive ketones (excluding diaryl/α,β-unsaturated/α-hetero) is 1. The van der Waals surface area contributed by atoms with Crippen LogP contribution in [0.4, 0.5) is 5.82 Å². The summed E-state index contributed by atoms with van der Waals surface area (Å²) in [6.07, 6.45) is 3.24. The van der Waals surface area contributed by atoms with E-state index in [0.717, 1.165) is 13.0 Å². The number of anilines is 1. The number of ketones is 1. The first kappa shape index (κ1) is 10.7. The van der Waals surface area contributed by atoms with E-state index >= 15 is 0 Å². The Bertz CT molecular complexity index is 310. The van der Waals surface area contributed by atoms with Crippen molar-refractivity contribution >= 4 is 11.6 Å². The summed E-state index contributed by atoms with van der Waals surface area (Å²) in [5.41, 5.74) is 0.698. The molecule has 0 unspecified atom stereocenters. The second-order valence-corrected chi connectivity index (χ2v) is 3.10. The molecule has 0 aliphatic rings. The summed E-state index contributed by atoms with van der Waals surface area (Å²) in [5, 5.41) is 3.15. The van der Waals surface area contributed by atoms with Crippen LogP contribution in [0.5, 0.6) is 0 Å². The number of rotatable bonds is 5. The van der Waals surface area contributed by atoms with E-state index in [-0.39, 0.29) is 5.78 Å². The molecule has 1 N–H and O–H groups in total. The molecule has 14 heavy (non-hydrogen) atoms. The van der Waals surface area contributed by atoms with Crippen LogP contribution < -0.4 is 5.32 Å². The maximum atomic E-state index is 11.5. The second-order valence-electron chi connectivity index (χ2n) is 3.10. The Labute approximate surface area is 84.6 Å². The predicted octanol–water partition coefficient (Wildman–Crippen LogP) is 2.50. The fraction of sp³-hybridized carbons (Fsp3) is 0.455. The fourth-order valence-corrected chi connectivity index (χ4v) is 1.21. The molecule has 3 nitrogen and oxygen atoms in total. The van der Waals surface area contributed by atoms with Gasteiger partial charge in [0.15, 0.2) is 5.78 Å². The topological polar surface area (TPSA) is 42.0 Å². The molecule has 76 valence electrons. The van der Waals surface area contributed by atoms with Gasteiger partial charge < -0.3 is 5.32 Å². The number of hydrogen-bond acceptors (Lipinski definition) is 3. The van der Waals surface area contributed by atoms with Crippen LogP contribution in [0.15, 0.2) is 18.3 Å². The SMILES string of the molecule is CCCNc1ncccc1C(=O)CC. The summed E-state index contributed by atoms with van der Waals surface area (Å²) >= 11 is 0. The van der Waals surface area contributed by atoms with Crippen molar-refractivity contribution in [3.05, 3.63) is 23.9 Å². The van der Waals surface area contributed by atoms with Crippen molar-refractivity contribution in [1.82, 2.24) is 4.98 Å². The van der Waals surface area contributed by atoms with Gasteiger partial charge in [-0.2, -0.15) is 0 Å². The average Bonchev–Trinajstić information content (AvgIpc) is 2.25. The van der Waals surface area contributed by atoms with E-state index in [0.29, 0.717) is 17.8 Å². The monoisotopic (exact) mass is 192 g/mol. The Morgan fingerprint density at radius 1 is 1.50 bits per heavy atom. The lowest BCUT2D eigenvalue weighted by Crippen LogP contribution is -2.08. The molecular weight excluding hydrogens is 176 g/mol. The van der Waals surface area contributed by atoms with Crippen LogP contribution in [0.1, 0.15) is 37.0 Å². The highest BCUT2D eigenvalue weighted by atomic mass is 16.1. The van der Waals surface area contributed by atoms with Crippen molar-refractivity contribution in [3.63, 3.8) is 0 Å². The molecule has 0 atom stereocenters. The molecule has 1 aromatic heterocycles. The van der Waals surface area contributed by atoms with Gasteiger partial charge in [-0.1, -0.05) is 13.8 Å². The Morgan fingerprint density at radius 3 is 2.93 bits per heavy atom. The molecule has 1 rings (SSSR count). The Hall–Kier alpha value is -1.38. The summed E-state index contributed by atoms with van der Waals surface area (Å²) < 4.78 is 0. The van der Waals surface area contributed by atoms with Crippen molar-refractivity contribution in [2.45, 2.75) is 26.7 Å². The number of carbonyl (C=O) groups is 1. The van der Waals surface area contributed by atoms with Crippen LogP contribution in [0, 0.1) is 0 Å². The predicted molar refractivity (Wildman–Crippen MR) is 57.6 cm³/mol. The minimum Gasteiger partial charge on any atom is -0.369 e. The normalized spacial score (nSPS) is 9.86. The molecule has 0 aliphatic carbocycles. The zero-order valence-corrected chi connectivity index (χ0v) is 8.71. The van der Waals surface area contributed by atoms with Crippen LogP contribution in [0.25, 0.3) is 0 Å². The largest absolute Gasteiger partial charge is 0.369 e. The number of pyridine rings is 1. The summed E-state index contributed by atoms with van der Waals surface area (Å²) in [4.78, 5) is 15.7. The molecule has 0 radical (unpaired) electrons. The van der Waals surface area contributed by atoms with Crippen LogP contribution in [0.2, 0.25) is 0 Å². The third kappa shape index (κ3) is 2.55. The third-order valence-electron chi connectivity index (χ3n) is 1.97. The van der Waals surface area contributed by atoms with Crippen molar-refractivity contribution in [2.24, 2.45) is 0 Å². The summed E-state index contributed by atoms with van der Waals surface area (Å²) in [6, 6.07) is 3.61. The van der Waals surface area contributed by atoms with E-state index in [1.165, 1.54) is 0 Å². The number of hydrogen-bond donors (Lipinski definition) is 1. The van der Waals surface area contributed by atoms with E-state index in [4.69, 9.17) is 0 Å². The van der Waals surface area contributed by atoms with Gasteiger partial charge in [-0.15, -0.1) is 0 Å². The third-order valence-corrected chi connectivity index (χ3v) is 1.97. The Morgan fingerprint density at radius 2 is 2.29 bits per heavy atom. The minimum absolute atomic E-state index is 0.136. The number of nitrogens with zero attached hydrogens (tertiary/aromatic N) is 1. The van der Waals surface area contributed by atoms with Crippen LogP contribution >= 0.6 is 0 Å². The van der Waals surface area contributed by atoms with E-state index in [9.17, 15) is 4.79 Å². The highest BCUT2D eigenvalue weighted by Crippen LogP contribution is 2.13. The molecule has 0 bridgehead atoms. The van der Waals surface area contributed by atoms with Gasteiger partial charge in [0.1, 0.15) is 5.82 Å². The number of aromatic nitrogens is 1. The van der Waals surface area contributed by atoms with Crippen molar-refractivity contribution in [2.75, 3.05) is 11.9 Å². The molecule has 0 spiro atoms. The lowest BCUT2D eigenvalue weighted by molar-refractivity contribution is 0.0988. The molecule has 0 fully saturated rings. The molecule has 0 saturated heterocycles. The molecule has 1 aromatic rings. The highest BCUT2D eigenvalue weighted by Gasteiger charge is 2.08. The van der Waals surface area contributed by atoms with Gasteiger partial charge in [-0.05, 0) is 18.6 Å². The fourth-order valence-electron chi connectivity index (χ4n) is 1.21. The van der Waals surface area contributed by atoms with Gasteiger partial charge >= 0.3 is 0 Å². The highest BCUT2D eigenvalue weighted by molar-refractivity contribution is 6.00. The quantitative estimate of drug-likeness (QED) is 0.729. The number of nitrogens with one attached hydrogen (secondary N) is 1. The van der Waals surface area contributed by atoms with Crippen molar-refractivity contribution < 1.29 is 4.79 Å². The summed E-state index contributed by atoms with van der Waals surface area (Å²) in [5.74, 6) is 0.845. The standard InChI is InChI=1S/C11H16N2O/c1-3-7-12-11-9(10(14)4-2)6-5-8-13-11/h5-6,8H,3-4,7H2,1-2H3,(H,12,13). The van der Waals surface area contributed by atoms with Gasteiger partial charge in [0.2, 0.25) is 0 Å². The van der Waals surface area contributed by atoms with E-state index in [1.54, 1.807) is 12.3 Å². The Kier molecular flexibility index (Phi) is 4.11. The molecule has 0 aliphatic heterocycles. The maximum absolute atomic E-state index is 11.5. The molecule has 0 saturated carbocycles. The smallest absolute Gasteiger partial charge is 0.166 e. The average molecular weight is 192 g/mol. The van der Waals surface area contributed by atoms with E-state index in [2.05, 4.69) is 17.2 Å². The first-order valence-corrected chi connectivity index (χ1v) is 5.01. The van der Waals surface area contributed by atoms with Gasteiger partial charge in [-0.3, -0.25) is 4.79 Å². The minimum atomic E-state index is 0.136. The van der Waals surface area contributed by atoms with E-state index in [1.807, 2.05) is 13.0 Å². The molecular formula is C11H16N2O. The van der Waals surface area contributed by atoms with Gasteiger partial charge in [0.25, 0.3) is 0 Å². The summed E-state index contributed by atoms with van der Waals surface area (Å²) in [6.45, 7) is 4.79. The number of carbonyl (C=O) groups excluding carboxylic acids is 1. The van der Waals surface area contributed by atoms with Crippen LogP contribution in [-0.4, -0.2) is 17.3 Å². The van der Waals surface area contributed by atoms with Gasteiger partial charge in [0.05, 0.1) is 5.56 Å². The summed E-state index contributed by atoms with van der Waals surface area (Å²) in [7, 11) is 0. The van der Waals surface area contributed by atoms with Gasteiger partial charge in [0, 0.05) is 19.2 Å². The lowest BCUT2D eigenvalue weighted by Gasteiger charge is -2.07. The Balaban J connectivity index is 2.85. The first-order chi connectivity index (χ1) is 6.79. The lowest BCUT2D eigenvalue weighted by atomic mass is 10.1. The van der Waals surface area contributed by atoms with Crippen molar-refractivity contribution in [3.8, 4) is 0 Å². The zero-order chi connectivity index (χ0) is 10.4. The molecule has 0 amide bonds. The van der Waals surface area contributed by atoms with E-state index < -0.39 is 0 Å². The molecule has 0 aromatic carbocycles. The van der Waals surface area contributed by atoms with Crippen molar-refractivity contribution in [1.29, 1.82) is 0 Å². The van der Waals surface area contributed by atoms with Crippen LogP contribution in [0.3, 0.4) is 0 Å².